The minimum atomic E-state index is -0.459. The average molecular weight is 477 g/mol. The van der Waals surface area contributed by atoms with Crippen molar-refractivity contribution >= 4 is 36.0 Å². The number of piperidine rings is 1. The second-order valence-electron chi connectivity index (χ2n) is 11.9. The van der Waals surface area contributed by atoms with E-state index >= 15 is 0 Å². The molecule has 33 heavy (non-hydrogen) atoms. The molecule has 3 saturated heterocycles. The monoisotopic (exact) mass is 476 g/mol. The van der Waals surface area contributed by atoms with Crippen molar-refractivity contribution in [2.45, 2.75) is 84.5 Å². The van der Waals surface area contributed by atoms with Gasteiger partial charge in [0.15, 0.2) is 0 Å². The summed E-state index contributed by atoms with van der Waals surface area (Å²) in [5, 5.41) is 0.722. The number of ether oxygens (including phenoxy) is 1. The number of nitrogens with zero attached hydrogens (tertiary/aromatic N) is 2. The molecular weight excluding hydrogens is 439 g/mol. The molecule has 4 rings (SSSR count). The van der Waals surface area contributed by atoms with Crippen LogP contribution in [0.1, 0.15) is 67.7 Å². The molecule has 1 aromatic carbocycles. The number of likely N-dealkylation sites (tertiary alicyclic amines) is 1. The topological polar surface area (TPSA) is 51.2 Å². The van der Waals surface area contributed by atoms with E-state index in [1.807, 2.05) is 31.7 Å². The Hall–Kier alpha value is -1.44. The molecule has 1 spiro atoms. The third kappa shape index (κ3) is 5.01. The summed E-state index contributed by atoms with van der Waals surface area (Å²) in [5.74, 6) is 0. The van der Waals surface area contributed by atoms with Crippen LogP contribution < -0.4 is 10.4 Å². The molecule has 3 fully saturated rings. The minimum absolute atomic E-state index is 0.183. The SMILES string of the molecule is CC(C)(C)OC(=O)N1CCC2(CCN(c3ccc(B4OC(C)(C)C(C)(C)O4)cc3Cl)CC2)C1. The summed E-state index contributed by atoms with van der Waals surface area (Å²) < 4.78 is 17.9. The zero-order valence-corrected chi connectivity index (χ0v) is 21.9. The summed E-state index contributed by atoms with van der Waals surface area (Å²) >= 11 is 6.74. The molecule has 0 atom stereocenters. The van der Waals surface area contributed by atoms with Crippen LogP contribution in [0.5, 0.6) is 0 Å². The molecule has 0 aromatic heterocycles. The summed E-state index contributed by atoms with van der Waals surface area (Å²) in [6, 6.07) is 6.12. The minimum Gasteiger partial charge on any atom is -0.444 e. The second-order valence-corrected chi connectivity index (χ2v) is 12.3. The Kier molecular flexibility index (Phi) is 6.25. The van der Waals surface area contributed by atoms with E-state index in [0.717, 1.165) is 61.6 Å². The molecule has 6 nitrogen and oxygen atoms in total. The molecular formula is C25H38BClN2O4. The van der Waals surface area contributed by atoms with E-state index < -0.39 is 12.7 Å². The number of hydrogen-bond acceptors (Lipinski definition) is 5. The molecule has 1 amide bonds. The molecule has 3 aliphatic heterocycles. The molecule has 3 heterocycles. The molecule has 1 aromatic rings. The third-order valence-electron chi connectivity index (χ3n) is 7.75. The highest BCUT2D eigenvalue weighted by Gasteiger charge is 2.52. The van der Waals surface area contributed by atoms with Crippen molar-refractivity contribution in [2.75, 3.05) is 31.1 Å². The van der Waals surface area contributed by atoms with Gasteiger partial charge < -0.3 is 23.8 Å². The van der Waals surface area contributed by atoms with Gasteiger partial charge in [0.05, 0.1) is 21.9 Å². The molecule has 0 N–H and O–H groups in total. The van der Waals surface area contributed by atoms with E-state index in [1.54, 1.807) is 0 Å². The fourth-order valence-electron chi connectivity index (χ4n) is 4.95. The lowest BCUT2D eigenvalue weighted by molar-refractivity contribution is 0.00578. The van der Waals surface area contributed by atoms with Crippen molar-refractivity contribution in [1.82, 2.24) is 4.90 Å². The van der Waals surface area contributed by atoms with E-state index in [-0.39, 0.29) is 22.7 Å². The first-order valence-electron chi connectivity index (χ1n) is 12.1. The molecule has 8 heteroatoms. The number of carbonyl (C=O) groups excluding carboxylic acids is 1. The van der Waals surface area contributed by atoms with Crippen LogP contribution in [0.15, 0.2) is 18.2 Å². The maximum Gasteiger partial charge on any atom is 0.494 e. The first-order chi connectivity index (χ1) is 15.2. The van der Waals surface area contributed by atoms with Gasteiger partial charge in [0.1, 0.15) is 5.60 Å². The average Bonchev–Trinajstić information content (AvgIpc) is 3.19. The Morgan fingerprint density at radius 2 is 1.61 bits per heavy atom. The van der Waals surface area contributed by atoms with Crippen molar-refractivity contribution < 1.29 is 18.8 Å². The first kappa shape index (κ1) is 24.7. The van der Waals surface area contributed by atoms with Crippen molar-refractivity contribution in [3.63, 3.8) is 0 Å². The van der Waals surface area contributed by atoms with Gasteiger partial charge in [0.25, 0.3) is 0 Å². The van der Waals surface area contributed by atoms with Crippen molar-refractivity contribution in [2.24, 2.45) is 5.41 Å². The Morgan fingerprint density at radius 1 is 1.03 bits per heavy atom. The normalized spacial score (nSPS) is 23.9. The smallest absolute Gasteiger partial charge is 0.444 e. The van der Waals surface area contributed by atoms with Gasteiger partial charge in [-0.25, -0.2) is 4.79 Å². The van der Waals surface area contributed by atoms with Crippen LogP contribution in [0, 0.1) is 5.41 Å². The number of benzene rings is 1. The Bertz CT molecular complexity index is 890. The number of hydrogen-bond donors (Lipinski definition) is 0. The molecule has 0 unspecified atom stereocenters. The summed E-state index contributed by atoms with van der Waals surface area (Å²) in [4.78, 5) is 16.7. The van der Waals surface area contributed by atoms with Crippen LogP contribution >= 0.6 is 11.6 Å². The lowest BCUT2D eigenvalue weighted by Gasteiger charge is -2.40. The van der Waals surface area contributed by atoms with Crippen LogP contribution in [0.2, 0.25) is 5.02 Å². The number of anilines is 1. The van der Waals surface area contributed by atoms with Crippen molar-refractivity contribution in [3.8, 4) is 0 Å². The van der Waals surface area contributed by atoms with Gasteiger partial charge in [0, 0.05) is 26.2 Å². The lowest BCUT2D eigenvalue weighted by Crippen LogP contribution is -2.43. The van der Waals surface area contributed by atoms with Gasteiger partial charge in [-0.3, -0.25) is 0 Å². The maximum absolute atomic E-state index is 12.5. The quantitative estimate of drug-likeness (QED) is 0.570. The fourth-order valence-corrected chi connectivity index (χ4v) is 5.26. The standard InChI is InChI=1S/C25H38BClN2O4/c1-22(2,3)31-21(30)29-15-12-25(17-29)10-13-28(14-11-25)20-9-8-18(16-19(20)27)26-32-23(4,5)24(6,7)33-26/h8-9,16H,10-15,17H2,1-7H3. The maximum atomic E-state index is 12.5. The Morgan fingerprint density at radius 3 is 2.15 bits per heavy atom. The molecule has 3 aliphatic rings. The van der Waals surface area contributed by atoms with Crippen LogP contribution in [-0.4, -0.2) is 61.1 Å². The van der Waals surface area contributed by atoms with Crippen LogP contribution in [0.4, 0.5) is 10.5 Å². The number of rotatable bonds is 2. The molecule has 0 bridgehead atoms. The number of carbonyl (C=O) groups is 1. The number of amides is 1. The highest BCUT2D eigenvalue weighted by Crippen LogP contribution is 2.43. The van der Waals surface area contributed by atoms with Gasteiger partial charge in [-0.15, -0.1) is 0 Å². The Balaban J connectivity index is 1.37. The highest BCUT2D eigenvalue weighted by atomic mass is 35.5. The summed E-state index contributed by atoms with van der Waals surface area (Å²) in [6.07, 6.45) is 2.93. The van der Waals surface area contributed by atoms with E-state index in [9.17, 15) is 4.79 Å². The molecule has 0 radical (unpaired) electrons. The summed E-state index contributed by atoms with van der Waals surface area (Å²) in [6.45, 7) is 17.4. The molecule has 182 valence electrons. The fraction of sp³-hybridized carbons (Fsp3) is 0.720. The van der Waals surface area contributed by atoms with Crippen molar-refractivity contribution in [1.29, 1.82) is 0 Å². The van der Waals surface area contributed by atoms with Crippen molar-refractivity contribution in [3.05, 3.63) is 23.2 Å². The van der Waals surface area contributed by atoms with Gasteiger partial charge in [0.2, 0.25) is 0 Å². The number of halogens is 1. The largest absolute Gasteiger partial charge is 0.494 e. The predicted octanol–water partition coefficient (Wildman–Crippen LogP) is 4.87. The zero-order chi connectivity index (χ0) is 24.2. The molecule has 0 saturated carbocycles. The third-order valence-corrected chi connectivity index (χ3v) is 8.05. The van der Waals surface area contributed by atoms with Crippen LogP contribution in [-0.2, 0) is 14.0 Å². The van der Waals surface area contributed by atoms with Crippen LogP contribution in [0.25, 0.3) is 0 Å². The van der Waals surface area contributed by atoms with E-state index in [1.165, 1.54) is 0 Å². The lowest BCUT2D eigenvalue weighted by atomic mass is 9.77. The summed E-state index contributed by atoms with van der Waals surface area (Å²) in [7, 11) is -0.413. The van der Waals surface area contributed by atoms with Crippen LogP contribution in [0.3, 0.4) is 0 Å². The van der Waals surface area contributed by atoms with E-state index in [4.69, 9.17) is 25.6 Å². The zero-order valence-electron chi connectivity index (χ0n) is 21.2. The highest BCUT2D eigenvalue weighted by molar-refractivity contribution is 6.62. The van der Waals surface area contributed by atoms with E-state index in [0.29, 0.717) is 0 Å². The predicted molar refractivity (Wildman–Crippen MR) is 133 cm³/mol. The summed E-state index contributed by atoms with van der Waals surface area (Å²) in [5.41, 5.74) is 0.965. The first-order valence-corrected chi connectivity index (χ1v) is 12.5. The Labute approximate surface area is 204 Å². The second kappa shape index (κ2) is 8.35. The van der Waals surface area contributed by atoms with Gasteiger partial charge in [-0.05, 0) is 90.7 Å². The van der Waals surface area contributed by atoms with Gasteiger partial charge >= 0.3 is 13.2 Å². The van der Waals surface area contributed by atoms with E-state index in [2.05, 4.69) is 44.7 Å². The molecule has 0 aliphatic carbocycles. The van der Waals surface area contributed by atoms with Gasteiger partial charge in [-0.2, -0.15) is 0 Å². The van der Waals surface area contributed by atoms with Gasteiger partial charge in [-0.1, -0.05) is 17.7 Å².